The highest BCUT2D eigenvalue weighted by atomic mass is 32.2. The largest absolute Gasteiger partial charge is 0.470 e. The first-order chi connectivity index (χ1) is 21.7. The number of likely N-dealkylation sites (N-methyl/N-ethyl adjacent to an activating group) is 2. The molecule has 2 aliphatic heterocycles. The summed E-state index contributed by atoms with van der Waals surface area (Å²) < 4.78 is 10.2. The standard InChI is InChI=1S/C31H33N9O3S2/c1-19-10-13-39(25(41)9-12-32)16-23(19)37(3)28-22-11-14-40(29(22)35-17-34-28)18-43-27-21-7-5-6-8-24(21)45-38(4)26(27)30(42)36-31-33-15-20(2)44-31/h5-8,11,14-15,17,19,23H,9-10,13,16,18H2,1-4H3,(H,33,36,42)/t19-,23?/m1/s1. The Kier molecular flexibility index (Phi) is 8.64. The van der Waals surface area contributed by atoms with Gasteiger partial charge in [0.25, 0.3) is 5.91 Å². The van der Waals surface area contributed by atoms with Crippen molar-refractivity contribution in [3.8, 4) is 6.07 Å². The summed E-state index contributed by atoms with van der Waals surface area (Å²) >= 11 is 2.87. The number of carbonyl (C=O) groups excluding carboxylic acids is 2. The van der Waals surface area contributed by atoms with E-state index in [1.807, 2.05) is 72.5 Å². The normalized spacial score (nSPS) is 18.0. The molecule has 2 atom stereocenters. The van der Waals surface area contributed by atoms with Gasteiger partial charge < -0.3 is 18.8 Å². The summed E-state index contributed by atoms with van der Waals surface area (Å²) in [6.45, 7) is 5.40. The first-order valence-corrected chi connectivity index (χ1v) is 16.1. The van der Waals surface area contributed by atoms with Crippen molar-refractivity contribution >= 4 is 62.8 Å². The monoisotopic (exact) mass is 643 g/mol. The predicted octanol–water partition coefficient (Wildman–Crippen LogP) is 4.72. The highest BCUT2D eigenvalue weighted by Gasteiger charge is 2.33. The highest BCUT2D eigenvalue weighted by molar-refractivity contribution is 7.97. The Hall–Kier alpha value is -4.61. The Balaban J connectivity index is 1.28. The van der Waals surface area contributed by atoms with E-state index in [-0.39, 0.29) is 31.0 Å². The van der Waals surface area contributed by atoms with Gasteiger partial charge in [-0.15, -0.1) is 11.3 Å². The number of thiazole rings is 1. The number of likely N-dealkylation sites (tertiary alicyclic amines) is 1. The van der Waals surface area contributed by atoms with Crippen LogP contribution in [0.25, 0.3) is 16.8 Å². The third-order valence-corrected chi connectivity index (χ3v) is 10.0. The Labute approximate surface area is 269 Å². The number of nitrogens with one attached hydrogen (secondary N) is 1. The Morgan fingerprint density at radius 2 is 2.04 bits per heavy atom. The van der Waals surface area contributed by atoms with Crippen molar-refractivity contribution in [2.24, 2.45) is 5.92 Å². The van der Waals surface area contributed by atoms with Crippen LogP contribution in [0.1, 0.15) is 30.2 Å². The van der Waals surface area contributed by atoms with E-state index >= 15 is 0 Å². The van der Waals surface area contributed by atoms with Crippen LogP contribution in [-0.2, 0) is 21.1 Å². The highest BCUT2D eigenvalue weighted by Crippen LogP contribution is 2.41. The maximum absolute atomic E-state index is 13.6. The van der Waals surface area contributed by atoms with Gasteiger partial charge in [-0.25, -0.2) is 15.0 Å². The molecule has 0 spiro atoms. The van der Waals surface area contributed by atoms with Crippen molar-refractivity contribution in [2.45, 2.75) is 44.4 Å². The van der Waals surface area contributed by atoms with Gasteiger partial charge in [-0.3, -0.25) is 19.5 Å². The summed E-state index contributed by atoms with van der Waals surface area (Å²) in [4.78, 5) is 45.4. The van der Waals surface area contributed by atoms with Gasteiger partial charge in [0.05, 0.1) is 17.5 Å². The molecule has 1 fully saturated rings. The average Bonchev–Trinajstić information content (AvgIpc) is 3.64. The van der Waals surface area contributed by atoms with Gasteiger partial charge in [0, 0.05) is 54.9 Å². The second-order valence-corrected chi connectivity index (χ2v) is 13.5. The number of piperidine rings is 1. The number of hydrogen-bond donors (Lipinski definition) is 1. The number of anilines is 2. The fourth-order valence-electron chi connectivity index (χ4n) is 5.78. The average molecular weight is 644 g/mol. The topological polar surface area (TPSA) is 133 Å². The third kappa shape index (κ3) is 6.05. The quantitative estimate of drug-likeness (QED) is 0.269. The van der Waals surface area contributed by atoms with Gasteiger partial charge in [-0.05, 0) is 49.4 Å². The minimum atomic E-state index is -0.309. The van der Waals surface area contributed by atoms with E-state index in [0.29, 0.717) is 41.2 Å². The maximum atomic E-state index is 13.6. The van der Waals surface area contributed by atoms with Gasteiger partial charge in [-0.2, -0.15) is 5.26 Å². The van der Waals surface area contributed by atoms with Crippen LogP contribution >= 0.6 is 23.3 Å². The van der Waals surface area contributed by atoms with Crippen LogP contribution < -0.4 is 10.2 Å². The lowest BCUT2D eigenvalue weighted by Gasteiger charge is -2.42. The van der Waals surface area contributed by atoms with Crippen LogP contribution in [0.15, 0.2) is 59.6 Å². The number of ether oxygens (including phenoxy) is 1. The van der Waals surface area contributed by atoms with Crippen LogP contribution in [0.5, 0.6) is 0 Å². The molecule has 45 heavy (non-hydrogen) atoms. The van der Waals surface area contributed by atoms with Gasteiger partial charge in [-0.1, -0.05) is 19.1 Å². The van der Waals surface area contributed by atoms with Crippen molar-refractivity contribution in [2.75, 3.05) is 37.4 Å². The number of aromatic nitrogens is 4. The van der Waals surface area contributed by atoms with Crippen LogP contribution in [0, 0.1) is 24.2 Å². The molecule has 4 aromatic rings. The van der Waals surface area contributed by atoms with E-state index < -0.39 is 0 Å². The first-order valence-electron chi connectivity index (χ1n) is 14.5. The molecule has 6 rings (SSSR count). The van der Waals surface area contributed by atoms with Gasteiger partial charge in [0.15, 0.2) is 23.3 Å². The second-order valence-electron chi connectivity index (χ2n) is 11.1. The molecule has 0 radical (unpaired) electrons. The molecular formula is C31H33N9O3S2. The summed E-state index contributed by atoms with van der Waals surface area (Å²) in [5.74, 6) is 1.08. The van der Waals surface area contributed by atoms with E-state index in [0.717, 1.165) is 33.0 Å². The lowest BCUT2D eigenvalue weighted by molar-refractivity contribution is -0.131. The van der Waals surface area contributed by atoms with Crippen molar-refractivity contribution in [1.29, 1.82) is 5.26 Å². The zero-order chi connectivity index (χ0) is 31.7. The molecule has 0 bridgehead atoms. The van der Waals surface area contributed by atoms with Crippen LogP contribution in [-0.4, -0.2) is 73.8 Å². The Morgan fingerprint density at radius 1 is 1.22 bits per heavy atom. The fraction of sp³-hybridized carbons (Fsp3) is 0.355. The van der Waals surface area contributed by atoms with E-state index in [1.54, 1.807) is 11.1 Å². The number of hydrogen-bond acceptors (Lipinski definition) is 11. The van der Waals surface area contributed by atoms with Gasteiger partial charge in [0.2, 0.25) is 5.91 Å². The number of benzene rings is 1. The number of nitrogens with zero attached hydrogens (tertiary/aromatic N) is 8. The maximum Gasteiger partial charge on any atom is 0.278 e. The van der Waals surface area contributed by atoms with E-state index in [4.69, 9.17) is 10.00 Å². The molecule has 0 saturated carbocycles. The molecule has 0 aliphatic carbocycles. The summed E-state index contributed by atoms with van der Waals surface area (Å²) in [6, 6.07) is 11.8. The molecule has 232 valence electrons. The van der Waals surface area contributed by atoms with Crippen molar-refractivity contribution in [1.82, 2.24) is 28.7 Å². The molecule has 2 amide bonds. The van der Waals surface area contributed by atoms with Crippen LogP contribution in [0.2, 0.25) is 0 Å². The predicted molar refractivity (Wildman–Crippen MR) is 174 cm³/mol. The summed E-state index contributed by atoms with van der Waals surface area (Å²) in [7, 11) is 3.83. The number of rotatable bonds is 8. The molecule has 14 heteroatoms. The van der Waals surface area contributed by atoms with Crippen molar-refractivity contribution in [3.05, 3.63) is 65.2 Å². The number of amides is 2. The van der Waals surface area contributed by atoms with E-state index in [1.165, 1.54) is 29.6 Å². The first kappa shape index (κ1) is 30.4. The second kappa shape index (κ2) is 12.8. The SMILES string of the molecule is Cc1cnc(NC(=O)C2=C(OCn3ccc4c(N(C)C5CN(C(=O)CC#N)CC[C@H]5C)ncnc43)c3ccccc3SN2C)s1. The zero-order valence-corrected chi connectivity index (χ0v) is 27.1. The lowest BCUT2D eigenvalue weighted by Crippen LogP contribution is -2.52. The summed E-state index contributed by atoms with van der Waals surface area (Å²) in [5.41, 5.74) is 1.90. The lowest BCUT2D eigenvalue weighted by atomic mass is 9.92. The molecule has 1 N–H and O–H groups in total. The van der Waals surface area contributed by atoms with Crippen molar-refractivity contribution in [3.63, 3.8) is 0 Å². The van der Waals surface area contributed by atoms with Crippen LogP contribution in [0.4, 0.5) is 10.9 Å². The molecule has 12 nitrogen and oxygen atoms in total. The van der Waals surface area contributed by atoms with E-state index in [2.05, 4.69) is 32.1 Å². The van der Waals surface area contributed by atoms with Gasteiger partial charge >= 0.3 is 0 Å². The number of carbonyl (C=O) groups is 2. The summed E-state index contributed by atoms with van der Waals surface area (Å²) in [6.07, 6.45) is 5.89. The molecule has 2 aliphatic rings. The molecule has 5 heterocycles. The number of nitriles is 1. The molecule has 1 unspecified atom stereocenters. The number of fused-ring (bicyclic) bond motifs is 2. The number of aryl methyl sites for hydroxylation is 1. The molecule has 3 aromatic heterocycles. The minimum absolute atomic E-state index is 0.0266. The zero-order valence-electron chi connectivity index (χ0n) is 25.4. The molecule has 1 saturated heterocycles. The molecular weight excluding hydrogens is 611 g/mol. The smallest absolute Gasteiger partial charge is 0.278 e. The minimum Gasteiger partial charge on any atom is -0.470 e. The van der Waals surface area contributed by atoms with E-state index in [9.17, 15) is 9.59 Å². The fourth-order valence-corrected chi connectivity index (χ4v) is 7.39. The summed E-state index contributed by atoms with van der Waals surface area (Å²) in [5, 5.41) is 13.3. The van der Waals surface area contributed by atoms with Crippen LogP contribution in [0.3, 0.4) is 0 Å². The third-order valence-electron chi connectivity index (χ3n) is 8.17. The molecule has 1 aromatic carbocycles. The van der Waals surface area contributed by atoms with Crippen molar-refractivity contribution < 1.29 is 14.3 Å². The van der Waals surface area contributed by atoms with Gasteiger partial charge in [0.1, 0.15) is 24.2 Å². The Morgan fingerprint density at radius 3 is 2.82 bits per heavy atom. The Bertz CT molecular complexity index is 1830.